The fraction of sp³-hybridized carbons (Fsp3) is 0.500. The number of rotatable bonds is 5. The third kappa shape index (κ3) is 4.25. The Morgan fingerprint density at radius 1 is 1.16 bits per heavy atom. The number of hydrogen-bond donors (Lipinski definition) is 1. The van der Waals surface area contributed by atoms with Crippen LogP contribution in [0.4, 0.5) is 8.78 Å². The molecule has 0 radical (unpaired) electrons. The fourth-order valence-electron chi connectivity index (χ4n) is 5.00. The van der Waals surface area contributed by atoms with Gasteiger partial charge in [0, 0.05) is 11.5 Å². The highest BCUT2D eigenvalue weighted by atomic mass is 19.2. The van der Waals surface area contributed by atoms with Crippen LogP contribution in [0.1, 0.15) is 69.2 Å². The zero-order valence-electron chi connectivity index (χ0n) is 18.9. The van der Waals surface area contributed by atoms with Gasteiger partial charge in [0.25, 0.3) is 0 Å². The van der Waals surface area contributed by atoms with E-state index in [1.54, 1.807) is 0 Å². The minimum Gasteiger partial charge on any atom is -0.487 e. The molecule has 1 saturated heterocycles. The summed E-state index contributed by atoms with van der Waals surface area (Å²) >= 11 is 0. The second-order valence-electron chi connectivity index (χ2n) is 9.83. The van der Waals surface area contributed by atoms with Crippen LogP contribution in [-0.4, -0.2) is 22.8 Å². The number of carboxylic acid groups (broad SMARTS) is 1. The van der Waals surface area contributed by atoms with Crippen molar-refractivity contribution in [1.82, 2.24) is 0 Å². The van der Waals surface area contributed by atoms with E-state index in [9.17, 15) is 18.7 Å². The van der Waals surface area contributed by atoms with E-state index in [-0.39, 0.29) is 12.0 Å². The second kappa shape index (κ2) is 8.47. The predicted molar refractivity (Wildman–Crippen MR) is 117 cm³/mol. The Bertz CT molecular complexity index is 1020. The van der Waals surface area contributed by atoms with Crippen molar-refractivity contribution in [2.75, 3.05) is 0 Å². The highest BCUT2D eigenvalue weighted by Crippen LogP contribution is 2.52. The Hall–Kier alpha value is -2.47. The van der Waals surface area contributed by atoms with Crippen molar-refractivity contribution in [3.63, 3.8) is 0 Å². The third-order valence-corrected chi connectivity index (χ3v) is 6.94. The molecule has 0 aliphatic carbocycles. The van der Waals surface area contributed by atoms with Gasteiger partial charge >= 0.3 is 5.97 Å². The van der Waals surface area contributed by atoms with Gasteiger partial charge in [-0.2, -0.15) is 0 Å². The van der Waals surface area contributed by atoms with Crippen LogP contribution in [0.5, 0.6) is 5.75 Å². The zero-order chi connectivity index (χ0) is 23.2. The van der Waals surface area contributed by atoms with Gasteiger partial charge in [0.1, 0.15) is 11.4 Å². The van der Waals surface area contributed by atoms with Gasteiger partial charge in [-0.25, -0.2) is 8.78 Å². The molecule has 32 heavy (non-hydrogen) atoms. The molecule has 2 aliphatic heterocycles. The molecule has 172 valence electrons. The normalized spacial score (nSPS) is 26.2. The van der Waals surface area contributed by atoms with Crippen molar-refractivity contribution in [3.05, 3.63) is 64.7 Å². The number of ether oxygens (including phenoxy) is 2. The Morgan fingerprint density at radius 3 is 2.56 bits per heavy atom. The molecular formula is C26H30F2O4. The Kier molecular flexibility index (Phi) is 6.01. The maximum absolute atomic E-state index is 13.6. The molecule has 0 amide bonds. The number of aliphatic carboxylic acids is 1. The lowest BCUT2D eigenvalue weighted by Crippen LogP contribution is -2.52. The van der Waals surface area contributed by atoms with Gasteiger partial charge in [-0.1, -0.05) is 26.0 Å². The van der Waals surface area contributed by atoms with E-state index in [4.69, 9.17) is 9.47 Å². The number of benzene rings is 2. The number of aryl methyl sites for hydroxylation is 1. The Labute approximate surface area is 187 Å². The number of fused-ring (bicyclic) bond motifs is 3. The van der Waals surface area contributed by atoms with Crippen molar-refractivity contribution in [2.45, 2.75) is 70.7 Å². The van der Waals surface area contributed by atoms with Gasteiger partial charge in [-0.15, -0.1) is 0 Å². The maximum Gasteiger partial charge on any atom is 0.309 e. The molecule has 4 atom stereocenters. The van der Waals surface area contributed by atoms with Crippen molar-refractivity contribution >= 4 is 5.97 Å². The summed E-state index contributed by atoms with van der Waals surface area (Å²) in [6.45, 7) is 8.21. The topological polar surface area (TPSA) is 55.8 Å². The van der Waals surface area contributed by atoms with Crippen LogP contribution in [0.3, 0.4) is 0 Å². The summed E-state index contributed by atoms with van der Waals surface area (Å²) in [5.74, 6) is -2.39. The molecule has 0 bridgehead atoms. The molecule has 2 aliphatic rings. The average molecular weight is 445 g/mol. The highest BCUT2D eigenvalue weighted by molar-refractivity contribution is 5.71. The van der Waals surface area contributed by atoms with E-state index in [0.29, 0.717) is 30.7 Å². The van der Waals surface area contributed by atoms with E-state index < -0.39 is 35.2 Å². The minimum atomic E-state index is -0.906. The van der Waals surface area contributed by atoms with E-state index in [1.807, 2.05) is 19.9 Å². The number of halogens is 2. The second-order valence-corrected chi connectivity index (χ2v) is 9.83. The molecule has 6 heteroatoms. The molecule has 0 unspecified atom stereocenters. The lowest BCUT2D eigenvalue weighted by atomic mass is 9.71. The summed E-state index contributed by atoms with van der Waals surface area (Å²) in [6, 6.07) is 9.94. The van der Waals surface area contributed by atoms with Crippen LogP contribution in [0.15, 0.2) is 36.4 Å². The first kappa shape index (κ1) is 22.7. The first-order valence-electron chi connectivity index (χ1n) is 11.2. The summed E-state index contributed by atoms with van der Waals surface area (Å²) in [5.41, 5.74) is 2.18. The fourth-order valence-corrected chi connectivity index (χ4v) is 5.00. The molecule has 2 aromatic rings. The number of carbonyl (C=O) groups is 1. The van der Waals surface area contributed by atoms with E-state index in [0.717, 1.165) is 17.4 Å². The number of carboxylic acids is 1. The molecule has 1 fully saturated rings. The van der Waals surface area contributed by atoms with Gasteiger partial charge in [0.2, 0.25) is 0 Å². The molecule has 0 aromatic heterocycles. The summed E-state index contributed by atoms with van der Waals surface area (Å²) in [5, 5.41) is 9.93. The molecule has 2 heterocycles. The van der Waals surface area contributed by atoms with Crippen molar-refractivity contribution in [3.8, 4) is 5.75 Å². The smallest absolute Gasteiger partial charge is 0.309 e. The zero-order valence-corrected chi connectivity index (χ0v) is 18.9. The lowest BCUT2D eigenvalue weighted by molar-refractivity contribution is -0.188. The summed E-state index contributed by atoms with van der Waals surface area (Å²) < 4.78 is 39.7. The molecule has 2 aromatic carbocycles. The predicted octanol–water partition coefficient (Wildman–Crippen LogP) is 6.04. The molecule has 4 nitrogen and oxygen atoms in total. The number of hydrogen-bond acceptors (Lipinski definition) is 3. The van der Waals surface area contributed by atoms with Crippen molar-refractivity contribution in [1.29, 1.82) is 0 Å². The quantitative estimate of drug-likeness (QED) is 0.611. The first-order valence-corrected chi connectivity index (χ1v) is 11.2. The Morgan fingerprint density at radius 2 is 1.91 bits per heavy atom. The molecule has 0 saturated carbocycles. The van der Waals surface area contributed by atoms with Crippen LogP contribution >= 0.6 is 0 Å². The van der Waals surface area contributed by atoms with Crippen LogP contribution in [0.25, 0.3) is 0 Å². The monoisotopic (exact) mass is 444 g/mol. The van der Waals surface area contributed by atoms with E-state index in [1.165, 1.54) is 17.7 Å². The van der Waals surface area contributed by atoms with Crippen molar-refractivity contribution < 1.29 is 28.2 Å². The molecule has 0 spiro atoms. The summed E-state index contributed by atoms with van der Waals surface area (Å²) in [6.07, 6.45) is 0.429. The van der Waals surface area contributed by atoms with Gasteiger partial charge < -0.3 is 14.6 Å². The average Bonchev–Trinajstić information content (AvgIpc) is 2.73. The molecule has 4 rings (SSSR count). The van der Waals surface area contributed by atoms with Gasteiger partial charge in [0.15, 0.2) is 11.6 Å². The molecular weight excluding hydrogens is 414 g/mol. The van der Waals surface area contributed by atoms with E-state index >= 15 is 0 Å². The van der Waals surface area contributed by atoms with Gasteiger partial charge in [-0.05, 0) is 74.4 Å². The highest BCUT2D eigenvalue weighted by Gasteiger charge is 2.52. The molecule has 1 N–H and O–H groups in total. The lowest BCUT2D eigenvalue weighted by Gasteiger charge is -2.50. The first-order chi connectivity index (χ1) is 15.1. The Balaban J connectivity index is 1.64. The maximum atomic E-state index is 13.6. The van der Waals surface area contributed by atoms with Gasteiger partial charge in [-0.3, -0.25) is 4.79 Å². The van der Waals surface area contributed by atoms with Crippen LogP contribution < -0.4 is 4.74 Å². The largest absolute Gasteiger partial charge is 0.487 e. The standard InChI is InChI=1S/C26H30F2O4/c1-14(2)16-7-10-23-17(12-16)24-19(26(3,4)32-23)13-18(25(29)30)22(31-24)9-6-15-5-8-20(27)21(28)11-15/h5,7-8,10-12,14,18-19,22,24H,6,9,13H2,1-4H3,(H,29,30)/t18-,19-,22-,24+/m0/s1. The minimum absolute atomic E-state index is 0.113. The summed E-state index contributed by atoms with van der Waals surface area (Å²) in [7, 11) is 0. The van der Waals surface area contributed by atoms with Crippen LogP contribution in [0, 0.1) is 23.5 Å². The van der Waals surface area contributed by atoms with E-state index in [2.05, 4.69) is 26.0 Å². The SMILES string of the molecule is CC(C)c1ccc2c(c1)[C@H]1O[C@@H](CCc3ccc(F)c(F)c3)[C@@H](C(=O)O)C[C@@H]1C(C)(C)O2. The van der Waals surface area contributed by atoms with Gasteiger partial charge in [0.05, 0.1) is 18.1 Å². The third-order valence-electron chi connectivity index (χ3n) is 6.94. The van der Waals surface area contributed by atoms with Crippen LogP contribution in [-0.2, 0) is 16.0 Å². The van der Waals surface area contributed by atoms with Crippen molar-refractivity contribution in [2.24, 2.45) is 11.8 Å². The van der Waals surface area contributed by atoms with Crippen LogP contribution in [0.2, 0.25) is 0 Å². The summed E-state index contributed by atoms with van der Waals surface area (Å²) in [4.78, 5) is 12.1.